The highest BCUT2D eigenvalue weighted by Crippen LogP contribution is 2.20. The molecule has 1 aliphatic heterocycles. The first kappa shape index (κ1) is 29.2. The summed E-state index contributed by atoms with van der Waals surface area (Å²) < 4.78 is 0. The third-order valence-electron chi connectivity index (χ3n) is 7.22. The second-order valence-electron chi connectivity index (χ2n) is 10.7. The molecule has 3 rings (SSSR count). The van der Waals surface area contributed by atoms with Crippen LogP contribution in [0.25, 0.3) is 10.9 Å². The molecule has 0 radical (unpaired) electrons. The molecule has 1 aromatic carbocycles. The number of aliphatic carboxylic acids is 1. The lowest BCUT2D eigenvalue weighted by atomic mass is 9.96. The summed E-state index contributed by atoms with van der Waals surface area (Å²) in [4.78, 5) is 54.8. The average Bonchev–Trinajstić information content (AvgIpc) is 3.56. The molecule has 2 aromatic rings. The zero-order chi connectivity index (χ0) is 27.8. The van der Waals surface area contributed by atoms with Crippen molar-refractivity contribution in [3.8, 4) is 0 Å². The quantitative estimate of drug-likeness (QED) is 0.235. The minimum atomic E-state index is -1.13. The number of fused-ring (bicyclic) bond motifs is 1. The third-order valence-corrected chi connectivity index (χ3v) is 7.22. The van der Waals surface area contributed by atoms with Crippen molar-refractivity contribution in [1.82, 2.24) is 26.3 Å². The SMILES string of the molecule is CCC(C)C(NC(=O)C1CCCN1)C(=O)NC(Cc1c[nH]c2ccccc12)C(=O)NC(CC(C)C)C(=O)O. The predicted octanol–water partition coefficient (Wildman–Crippen LogP) is 2.09. The fourth-order valence-electron chi connectivity index (χ4n) is 4.82. The number of amides is 3. The number of para-hydroxylation sites is 1. The average molecular weight is 528 g/mol. The van der Waals surface area contributed by atoms with Crippen LogP contribution in [-0.4, -0.2) is 64.5 Å². The van der Waals surface area contributed by atoms with Crippen LogP contribution in [0.1, 0.15) is 58.9 Å². The van der Waals surface area contributed by atoms with Crippen molar-refractivity contribution in [2.24, 2.45) is 11.8 Å². The lowest BCUT2D eigenvalue weighted by Gasteiger charge is -2.28. The Kier molecular flexibility index (Phi) is 10.3. The van der Waals surface area contributed by atoms with Crippen LogP contribution in [0.4, 0.5) is 0 Å². The van der Waals surface area contributed by atoms with Gasteiger partial charge in [0.15, 0.2) is 0 Å². The number of hydrogen-bond acceptors (Lipinski definition) is 5. The van der Waals surface area contributed by atoms with Crippen molar-refractivity contribution < 1.29 is 24.3 Å². The molecule has 10 nitrogen and oxygen atoms in total. The van der Waals surface area contributed by atoms with E-state index in [2.05, 4.69) is 26.3 Å². The van der Waals surface area contributed by atoms with E-state index in [0.29, 0.717) is 12.8 Å². The lowest BCUT2D eigenvalue weighted by Crippen LogP contribution is -2.59. The molecule has 3 amide bonds. The number of rotatable bonds is 13. The van der Waals surface area contributed by atoms with Crippen molar-refractivity contribution in [3.05, 3.63) is 36.0 Å². The molecule has 6 N–H and O–H groups in total. The van der Waals surface area contributed by atoms with Crippen LogP contribution >= 0.6 is 0 Å². The zero-order valence-corrected chi connectivity index (χ0v) is 22.7. The van der Waals surface area contributed by atoms with Crippen molar-refractivity contribution >= 4 is 34.6 Å². The van der Waals surface area contributed by atoms with E-state index in [1.807, 2.05) is 52.0 Å². The summed E-state index contributed by atoms with van der Waals surface area (Å²) in [6, 6.07) is 4.34. The Morgan fingerprint density at radius 1 is 1.03 bits per heavy atom. The van der Waals surface area contributed by atoms with Gasteiger partial charge < -0.3 is 31.4 Å². The third kappa shape index (κ3) is 7.56. The summed E-state index contributed by atoms with van der Waals surface area (Å²) in [5.41, 5.74) is 1.71. The van der Waals surface area contributed by atoms with Crippen molar-refractivity contribution in [3.63, 3.8) is 0 Å². The van der Waals surface area contributed by atoms with Gasteiger partial charge in [0.2, 0.25) is 17.7 Å². The fourth-order valence-corrected chi connectivity index (χ4v) is 4.82. The summed E-state index contributed by atoms with van der Waals surface area (Å²) in [7, 11) is 0. The maximum atomic E-state index is 13.5. The Bertz CT molecular complexity index is 1120. The Hall–Kier alpha value is -3.40. The first-order valence-electron chi connectivity index (χ1n) is 13.5. The molecular weight excluding hydrogens is 486 g/mol. The van der Waals surface area contributed by atoms with E-state index in [-0.39, 0.29) is 36.6 Å². The molecule has 1 saturated heterocycles. The molecule has 38 heavy (non-hydrogen) atoms. The molecule has 2 heterocycles. The molecule has 0 saturated carbocycles. The molecule has 0 bridgehead atoms. The standard InChI is InChI=1S/C28H41N5O5/c1-5-17(4)24(33-25(34)21-11-8-12-29-21)27(36)31-22(26(35)32-23(28(37)38)13-16(2)3)14-18-15-30-20-10-7-6-9-19(18)20/h6-7,9-10,15-17,21-24,29-30H,5,8,11-14H2,1-4H3,(H,31,36)(H,32,35)(H,33,34)(H,37,38). The number of carbonyl (C=O) groups is 4. The van der Waals surface area contributed by atoms with Crippen LogP contribution in [-0.2, 0) is 25.6 Å². The number of nitrogens with one attached hydrogen (secondary N) is 5. The first-order chi connectivity index (χ1) is 18.1. The van der Waals surface area contributed by atoms with Crippen LogP contribution in [0.2, 0.25) is 0 Å². The molecule has 10 heteroatoms. The second-order valence-corrected chi connectivity index (χ2v) is 10.7. The number of carboxylic acid groups (broad SMARTS) is 1. The summed E-state index contributed by atoms with van der Waals surface area (Å²) in [6.45, 7) is 8.33. The van der Waals surface area contributed by atoms with Crippen molar-refractivity contribution in [2.45, 2.75) is 84.0 Å². The lowest BCUT2D eigenvalue weighted by molar-refractivity contribution is -0.142. The van der Waals surface area contributed by atoms with Gasteiger partial charge in [-0.05, 0) is 49.3 Å². The molecule has 0 spiro atoms. The van der Waals surface area contributed by atoms with Gasteiger partial charge in [0.1, 0.15) is 18.1 Å². The fraction of sp³-hybridized carbons (Fsp3) is 0.571. The van der Waals surface area contributed by atoms with E-state index in [4.69, 9.17) is 0 Å². The summed E-state index contributed by atoms with van der Waals surface area (Å²) in [5, 5.41) is 22.1. The number of aromatic nitrogens is 1. The summed E-state index contributed by atoms with van der Waals surface area (Å²) in [5.74, 6) is -2.54. The van der Waals surface area contributed by atoms with Gasteiger partial charge in [-0.25, -0.2) is 4.79 Å². The Morgan fingerprint density at radius 3 is 2.37 bits per heavy atom. The van der Waals surface area contributed by atoms with Gasteiger partial charge in [-0.1, -0.05) is 52.3 Å². The smallest absolute Gasteiger partial charge is 0.326 e. The van der Waals surface area contributed by atoms with Crippen LogP contribution in [0.15, 0.2) is 30.5 Å². The zero-order valence-electron chi connectivity index (χ0n) is 22.7. The van der Waals surface area contributed by atoms with E-state index in [1.54, 1.807) is 6.20 Å². The first-order valence-corrected chi connectivity index (χ1v) is 13.5. The second kappa shape index (κ2) is 13.4. The van der Waals surface area contributed by atoms with E-state index < -0.39 is 35.9 Å². The van der Waals surface area contributed by atoms with Crippen LogP contribution in [0.5, 0.6) is 0 Å². The molecule has 0 aliphatic carbocycles. The van der Waals surface area contributed by atoms with Gasteiger partial charge in [0.05, 0.1) is 6.04 Å². The van der Waals surface area contributed by atoms with Crippen LogP contribution in [0.3, 0.4) is 0 Å². The molecule has 1 aromatic heterocycles. The largest absolute Gasteiger partial charge is 0.480 e. The van der Waals surface area contributed by atoms with Gasteiger partial charge in [0, 0.05) is 23.5 Å². The Morgan fingerprint density at radius 2 is 1.74 bits per heavy atom. The maximum absolute atomic E-state index is 13.5. The van der Waals surface area contributed by atoms with E-state index in [9.17, 15) is 24.3 Å². The number of benzene rings is 1. The number of hydrogen-bond donors (Lipinski definition) is 6. The molecule has 5 unspecified atom stereocenters. The van der Waals surface area contributed by atoms with Gasteiger partial charge >= 0.3 is 5.97 Å². The molecule has 5 atom stereocenters. The van der Waals surface area contributed by atoms with E-state index in [0.717, 1.165) is 29.4 Å². The Balaban J connectivity index is 1.84. The van der Waals surface area contributed by atoms with Gasteiger partial charge in [-0.2, -0.15) is 0 Å². The highest BCUT2D eigenvalue weighted by molar-refractivity contribution is 5.95. The molecule has 208 valence electrons. The van der Waals surface area contributed by atoms with Gasteiger partial charge in [-0.3, -0.25) is 14.4 Å². The highest BCUT2D eigenvalue weighted by Gasteiger charge is 2.34. The van der Waals surface area contributed by atoms with E-state index in [1.165, 1.54) is 0 Å². The minimum absolute atomic E-state index is 0.0484. The Labute approximate surface area is 223 Å². The number of H-pyrrole nitrogens is 1. The van der Waals surface area contributed by atoms with Crippen LogP contribution in [0, 0.1) is 11.8 Å². The monoisotopic (exact) mass is 527 g/mol. The number of aromatic amines is 1. The van der Waals surface area contributed by atoms with Gasteiger partial charge in [-0.15, -0.1) is 0 Å². The minimum Gasteiger partial charge on any atom is -0.480 e. The molecule has 1 fully saturated rings. The molecule has 1 aliphatic rings. The number of carboxylic acids is 1. The topological polar surface area (TPSA) is 152 Å². The highest BCUT2D eigenvalue weighted by atomic mass is 16.4. The normalized spacial score (nSPS) is 18.5. The summed E-state index contributed by atoms with van der Waals surface area (Å²) >= 11 is 0. The van der Waals surface area contributed by atoms with E-state index >= 15 is 0 Å². The van der Waals surface area contributed by atoms with Gasteiger partial charge in [0.25, 0.3) is 0 Å². The van der Waals surface area contributed by atoms with Crippen molar-refractivity contribution in [1.29, 1.82) is 0 Å². The molecular formula is C28H41N5O5. The predicted molar refractivity (Wildman–Crippen MR) is 145 cm³/mol. The maximum Gasteiger partial charge on any atom is 0.326 e. The van der Waals surface area contributed by atoms with Crippen LogP contribution < -0.4 is 21.3 Å². The van der Waals surface area contributed by atoms with Crippen molar-refractivity contribution in [2.75, 3.05) is 6.54 Å². The summed E-state index contributed by atoms with van der Waals surface area (Å²) in [6.07, 6.45) is 4.45. The number of carbonyl (C=O) groups excluding carboxylic acids is 3.